The molecule has 0 aliphatic carbocycles. The van der Waals surface area contributed by atoms with E-state index in [2.05, 4.69) is 4.98 Å². The number of hydrogen-bond acceptors (Lipinski definition) is 4. The van der Waals surface area contributed by atoms with Gasteiger partial charge < -0.3 is 9.47 Å². The van der Waals surface area contributed by atoms with E-state index in [0.717, 1.165) is 0 Å². The van der Waals surface area contributed by atoms with Crippen LogP contribution in [0.2, 0.25) is 0 Å². The topological polar surface area (TPSA) is 48.4 Å². The van der Waals surface area contributed by atoms with Crippen molar-refractivity contribution in [2.24, 2.45) is 0 Å². The number of hydrogen-bond donors (Lipinski definition) is 0. The van der Waals surface area contributed by atoms with Crippen molar-refractivity contribution in [3.63, 3.8) is 0 Å². The van der Waals surface area contributed by atoms with Crippen molar-refractivity contribution >= 4 is 5.78 Å². The first-order chi connectivity index (χ1) is 8.04. The summed E-state index contributed by atoms with van der Waals surface area (Å²) in [6.07, 6.45) is 2.75. The van der Waals surface area contributed by atoms with Gasteiger partial charge in [-0.05, 0) is 33.8 Å². The highest BCUT2D eigenvalue weighted by Crippen LogP contribution is 2.15. The molecule has 0 amide bonds. The van der Waals surface area contributed by atoms with Crippen LogP contribution >= 0.6 is 0 Å². The van der Waals surface area contributed by atoms with Gasteiger partial charge in [0.25, 0.3) is 0 Å². The lowest BCUT2D eigenvalue weighted by Crippen LogP contribution is -2.21. The van der Waals surface area contributed by atoms with Crippen molar-refractivity contribution in [1.82, 2.24) is 4.98 Å². The van der Waals surface area contributed by atoms with Gasteiger partial charge in [-0.3, -0.25) is 9.78 Å². The van der Waals surface area contributed by atoms with Crippen LogP contribution < -0.4 is 4.74 Å². The molecule has 0 saturated carbocycles. The number of carbonyl (C=O) groups excluding carboxylic acids is 1. The number of nitrogens with zero attached hydrogens (tertiary/aromatic N) is 1. The van der Waals surface area contributed by atoms with Crippen LogP contribution in [-0.2, 0) is 4.74 Å². The van der Waals surface area contributed by atoms with E-state index >= 15 is 0 Å². The van der Waals surface area contributed by atoms with E-state index in [9.17, 15) is 4.79 Å². The Morgan fingerprint density at radius 1 is 1.35 bits per heavy atom. The Bertz CT molecular complexity index is 377. The lowest BCUT2D eigenvalue weighted by Gasteiger charge is -2.12. The van der Waals surface area contributed by atoms with Crippen LogP contribution in [-0.4, -0.2) is 29.6 Å². The maximum Gasteiger partial charge on any atom is 0.192 e. The predicted octanol–water partition coefficient (Wildman–Crippen LogP) is 2.48. The van der Waals surface area contributed by atoms with E-state index < -0.39 is 6.10 Å². The Labute approximate surface area is 102 Å². The highest BCUT2D eigenvalue weighted by molar-refractivity contribution is 5.99. The second kappa shape index (κ2) is 6.35. The van der Waals surface area contributed by atoms with E-state index in [-0.39, 0.29) is 11.9 Å². The maximum atomic E-state index is 12.0. The van der Waals surface area contributed by atoms with Gasteiger partial charge in [0.05, 0.1) is 12.3 Å². The SMILES string of the molecule is CCOC(C)C(=O)c1cncc(OC(C)C)c1. The minimum atomic E-state index is -0.448. The summed E-state index contributed by atoms with van der Waals surface area (Å²) in [5.74, 6) is 0.531. The van der Waals surface area contributed by atoms with Crippen molar-refractivity contribution in [2.75, 3.05) is 6.61 Å². The van der Waals surface area contributed by atoms with Gasteiger partial charge in [-0.1, -0.05) is 0 Å². The van der Waals surface area contributed by atoms with Crippen molar-refractivity contribution in [3.8, 4) is 5.75 Å². The molecule has 1 aromatic heterocycles. The molecule has 1 rings (SSSR count). The smallest absolute Gasteiger partial charge is 0.192 e. The Kier molecular flexibility index (Phi) is 5.10. The molecule has 1 heterocycles. The summed E-state index contributed by atoms with van der Waals surface area (Å²) in [7, 11) is 0. The number of ether oxygens (including phenoxy) is 2. The van der Waals surface area contributed by atoms with Crippen molar-refractivity contribution in [3.05, 3.63) is 24.0 Å². The monoisotopic (exact) mass is 237 g/mol. The summed E-state index contributed by atoms with van der Waals surface area (Å²) in [6.45, 7) is 7.97. The van der Waals surface area contributed by atoms with E-state index in [4.69, 9.17) is 9.47 Å². The summed E-state index contributed by atoms with van der Waals surface area (Å²) in [4.78, 5) is 16.0. The van der Waals surface area contributed by atoms with Gasteiger partial charge in [-0.15, -0.1) is 0 Å². The molecule has 0 aliphatic rings. The zero-order chi connectivity index (χ0) is 12.8. The fourth-order valence-corrected chi connectivity index (χ4v) is 1.45. The molecule has 1 unspecified atom stereocenters. The van der Waals surface area contributed by atoms with Gasteiger partial charge in [0.15, 0.2) is 5.78 Å². The van der Waals surface area contributed by atoms with Crippen LogP contribution in [0, 0.1) is 0 Å². The van der Waals surface area contributed by atoms with Gasteiger partial charge in [-0.25, -0.2) is 0 Å². The standard InChI is InChI=1S/C13H19NO3/c1-5-16-10(4)13(15)11-6-12(8-14-7-11)17-9(2)3/h6-10H,5H2,1-4H3. The molecule has 0 radical (unpaired) electrons. The molecule has 17 heavy (non-hydrogen) atoms. The van der Waals surface area contributed by atoms with E-state index in [1.807, 2.05) is 20.8 Å². The third-order valence-electron chi connectivity index (χ3n) is 2.16. The predicted molar refractivity (Wildman–Crippen MR) is 65.4 cm³/mol. The van der Waals surface area contributed by atoms with Crippen molar-refractivity contribution < 1.29 is 14.3 Å². The molecule has 0 bridgehead atoms. The molecule has 0 N–H and O–H groups in total. The van der Waals surface area contributed by atoms with Crippen LogP contribution in [0.3, 0.4) is 0 Å². The van der Waals surface area contributed by atoms with Gasteiger partial charge >= 0.3 is 0 Å². The first kappa shape index (κ1) is 13.6. The zero-order valence-corrected chi connectivity index (χ0v) is 10.8. The van der Waals surface area contributed by atoms with Crippen LogP contribution in [0.1, 0.15) is 38.1 Å². The number of carbonyl (C=O) groups is 1. The highest BCUT2D eigenvalue weighted by atomic mass is 16.5. The molecule has 0 spiro atoms. The molecular weight excluding hydrogens is 218 g/mol. The average Bonchev–Trinajstić information content (AvgIpc) is 2.28. The van der Waals surface area contributed by atoms with E-state index in [0.29, 0.717) is 17.9 Å². The molecule has 0 aromatic carbocycles. The lowest BCUT2D eigenvalue weighted by molar-refractivity contribution is 0.0520. The normalized spacial score (nSPS) is 12.5. The molecule has 4 nitrogen and oxygen atoms in total. The Morgan fingerprint density at radius 3 is 2.65 bits per heavy atom. The van der Waals surface area contributed by atoms with Gasteiger partial charge in [-0.2, -0.15) is 0 Å². The number of aromatic nitrogens is 1. The molecule has 0 saturated heterocycles. The summed E-state index contributed by atoms with van der Waals surface area (Å²) >= 11 is 0. The number of Topliss-reactive ketones (excluding diaryl/α,β-unsaturated/α-hetero) is 1. The maximum absolute atomic E-state index is 12.0. The third kappa shape index (κ3) is 4.15. The second-order valence-corrected chi connectivity index (χ2v) is 4.04. The molecule has 94 valence electrons. The van der Waals surface area contributed by atoms with E-state index in [1.165, 1.54) is 6.20 Å². The fraction of sp³-hybridized carbons (Fsp3) is 0.538. The summed E-state index contributed by atoms with van der Waals surface area (Å²) in [6, 6.07) is 1.70. The van der Waals surface area contributed by atoms with Crippen LogP contribution in [0.4, 0.5) is 0 Å². The van der Waals surface area contributed by atoms with Gasteiger partial charge in [0, 0.05) is 18.4 Å². The number of pyridine rings is 1. The quantitative estimate of drug-likeness (QED) is 0.713. The fourth-order valence-electron chi connectivity index (χ4n) is 1.45. The van der Waals surface area contributed by atoms with Crippen LogP contribution in [0.25, 0.3) is 0 Å². The van der Waals surface area contributed by atoms with Crippen LogP contribution in [0.5, 0.6) is 5.75 Å². The third-order valence-corrected chi connectivity index (χ3v) is 2.16. The number of rotatable bonds is 6. The van der Waals surface area contributed by atoms with Gasteiger partial charge in [0.1, 0.15) is 11.9 Å². The van der Waals surface area contributed by atoms with Crippen molar-refractivity contribution in [1.29, 1.82) is 0 Å². The minimum Gasteiger partial charge on any atom is -0.489 e. The molecule has 0 fully saturated rings. The number of ketones is 1. The Hall–Kier alpha value is -1.42. The summed E-state index contributed by atoms with van der Waals surface area (Å²) < 4.78 is 10.8. The molecule has 0 aliphatic heterocycles. The Balaban J connectivity index is 2.80. The van der Waals surface area contributed by atoms with Crippen molar-refractivity contribution in [2.45, 2.75) is 39.9 Å². The second-order valence-electron chi connectivity index (χ2n) is 4.04. The Morgan fingerprint density at radius 2 is 2.06 bits per heavy atom. The summed E-state index contributed by atoms with van der Waals surface area (Å²) in [5.41, 5.74) is 0.518. The molecule has 4 heteroatoms. The molecule has 1 aromatic rings. The van der Waals surface area contributed by atoms with E-state index in [1.54, 1.807) is 19.2 Å². The first-order valence-electron chi connectivity index (χ1n) is 5.82. The summed E-state index contributed by atoms with van der Waals surface area (Å²) in [5, 5.41) is 0. The largest absolute Gasteiger partial charge is 0.489 e. The zero-order valence-electron chi connectivity index (χ0n) is 10.8. The van der Waals surface area contributed by atoms with Crippen LogP contribution in [0.15, 0.2) is 18.5 Å². The minimum absolute atomic E-state index is 0.0615. The highest BCUT2D eigenvalue weighted by Gasteiger charge is 2.16. The first-order valence-corrected chi connectivity index (χ1v) is 5.82. The molecular formula is C13H19NO3. The van der Waals surface area contributed by atoms with Gasteiger partial charge in [0.2, 0.25) is 0 Å². The average molecular weight is 237 g/mol. The lowest BCUT2D eigenvalue weighted by atomic mass is 10.1. The molecule has 1 atom stereocenters.